The first-order chi connectivity index (χ1) is 10.0. The molecule has 1 saturated heterocycles. The van der Waals surface area contributed by atoms with Gasteiger partial charge in [-0.05, 0) is 38.9 Å². The Balaban J connectivity index is 1.71. The number of hydrogen-bond acceptors (Lipinski definition) is 4. The molecular formula is C13H21N5O3. The van der Waals surface area contributed by atoms with Gasteiger partial charge in [0, 0.05) is 12.7 Å². The fourth-order valence-electron chi connectivity index (χ4n) is 2.33. The molecule has 1 aromatic heterocycles. The Hall–Kier alpha value is -2.09. The Morgan fingerprint density at radius 1 is 1.43 bits per heavy atom. The monoisotopic (exact) mass is 295 g/mol. The van der Waals surface area contributed by atoms with Crippen LogP contribution in [0.4, 0.5) is 10.5 Å². The van der Waals surface area contributed by atoms with E-state index in [2.05, 4.69) is 27.7 Å². The number of urea groups is 1. The normalized spacial score (nSPS) is 16.6. The van der Waals surface area contributed by atoms with Crippen LogP contribution in [-0.2, 0) is 11.3 Å². The Kier molecular flexibility index (Phi) is 5.15. The summed E-state index contributed by atoms with van der Waals surface area (Å²) >= 11 is 0. The van der Waals surface area contributed by atoms with Crippen LogP contribution in [0.5, 0.6) is 0 Å². The van der Waals surface area contributed by atoms with Crippen molar-refractivity contribution >= 4 is 17.7 Å². The highest BCUT2D eigenvalue weighted by molar-refractivity contribution is 5.88. The minimum atomic E-state index is -0.976. The number of amides is 2. The lowest BCUT2D eigenvalue weighted by atomic mass is 9.97. The van der Waals surface area contributed by atoms with Crippen molar-refractivity contribution in [3.05, 3.63) is 12.4 Å². The number of carbonyl (C=O) groups is 2. The second-order valence-electron chi connectivity index (χ2n) is 5.40. The van der Waals surface area contributed by atoms with Gasteiger partial charge in [0.15, 0.2) is 0 Å². The first-order valence-corrected chi connectivity index (χ1v) is 7.00. The average Bonchev–Trinajstić information content (AvgIpc) is 2.84. The van der Waals surface area contributed by atoms with Crippen molar-refractivity contribution in [2.45, 2.75) is 19.4 Å². The number of carboxylic acid groups (broad SMARTS) is 1. The zero-order valence-corrected chi connectivity index (χ0v) is 12.1. The topological polar surface area (TPSA) is 99.5 Å². The third-order valence-electron chi connectivity index (χ3n) is 3.58. The number of carboxylic acids is 1. The van der Waals surface area contributed by atoms with Gasteiger partial charge in [-0.1, -0.05) is 0 Å². The van der Waals surface area contributed by atoms with Crippen molar-refractivity contribution in [1.29, 1.82) is 0 Å². The number of piperidine rings is 1. The summed E-state index contributed by atoms with van der Waals surface area (Å²) in [6, 6.07) is -0.288. The van der Waals surface area contributed by atoms with E-state index in [-0.39, 0.29) is 12.6 Å². The van der Waals surface area contributed by atoms with Crippen molar-refractivity contribution in [2.75, 3.05) is 32.0 Å². The summed E-state index contributed by atoms with van der Waals surface area (Å²) in [5.74, 6) is -0.460. The molecule has 0 bridgehead atoms. The van der Waals surface area contributed by atoms with Gasteiger partial charge in [-0.25, -0.2) is 4.79 Å². The molecule has 0 radical (unpaired) electrons. The van der Waals surface area contributed by atoms with Gasteiger partial charge in [-0.3, -0.25) is 9.48 Å². The maximum atomic E-state index is 11.8. The molecule has 1 aliphatic rings. The number of anilines is 1. The molecule has 2 amide bonds. The van der Waals surface area contributed by atoms with E-state index in [1.54, 1.807) is 0 Å². The highest BCUT2D eigenvalue weighted by Gasteiger charge is 2.17. The lowest BCUT2D eigenvalue weighted by Crippen LogP contribution is -2.38. The summed E-state index contributed by atoms with van der Waals surface area (Å²) in [7, 11) is 2.10. The van der Waals surface area contributed by atoms with Crippen LogP contribution in [0.2, 0.25) is 0 Å². The molecule has 0 spiro atoms. The van der Waals surface area contributed by atoms with E-state index in [1.807, 2.05) is 0 Å². The van der Waals surface area contributed by atoms with Gasteiger partial charge < -0.3 is 20.6 Å². The number of aromatic nitrogens is 2. The first-order valence-electron chi connectivity index (χ1n) is 7.00. The summed E-state index contributed by atoms with van der Waals surface area (Å²) in [6.07, 6.45) is 5.10. The molecule has 1 aliphatic heterocycles. The van der Waals surface area contributed by atoms with Crippen molar-refractivity contribution in [3.8, 4) is 0 Å². The van der Waals surface area contributed by atoms with Gasteiger partial charge in [0.1, 0.15) is 6.54 Å². The minimum Gasteiger partial charge on any atom is -0.480 e. The number of nitrogens with one attached hydrogen (secondary N) is 2. The van der Waals surface area contributed by atoms with Crippen LogP contribution < -0.4 is 10.6 Å². The summed E-state index contributed by atoms with van der Waals surface area (Å²) < 4.78 is 1.26. The summed E-state index contributed by atoms with van der Waals surface area (Å²) in [6.45, 7) is 2.56. The standard InChI is InChI=1S/C13H21N5O3/c1-17-4-2-10(3-5-17)6-14-13(21)16-11-7-15-18(8-11)9-12(19)20/h7-8,10H,2-6,9H2,1H3,(H,19,20)(H2,14,16,21). The molecule has 2 rings (SSSR count). The van der Waals surface area contributed by atoms with E-state index in [0.29, 0.717) is 18.2 Å². The Labute approximate surface area is 123 Å². The molecule has 8 nitrogen and oxygen atoms in total. The van der Waals surface area contributed by atoms with Crippen LogP contribution >= 0.6 is 0 Å². The smallest absolute Gasteiger partial charge is 0.325 e. The number of likely N-dealkylation sites (tertiary alicyclic amines) is 1. The van der Waals surface area contributed by atoms with Crippen LogP contribution in [-0.4, -0.2) is 58.5 Å². The molecule has 8 heteroatoms. The molecule has 3 N–H and O–H groups in total. The molecule has 1 aromatic rings. The van der Waals surface area contributed by atoms with Crippen LogP contribution in [0.1, 0.15) is 12.8 Å². The van der Waals surface area contributed by atoms with E-state index in [1.165, 1.54) is 17.1 Å². The zero-order chi connectivity index (χ0) is 15.2. The van der Waals surface area contributed by atoms with Gasteiger partial charge in [-0.15, -0.1) is 0 Å². The van der Waals surface area contributed by atoms with Gasteiger partial charge in [0.05, 0.1) is 11.9 Å². The van der Waals surface area contributed by atoms with E-state index < -0.39 is 5.97 Å². The number of rotatable bonds is 5. The van der Waals surface area contributed by atoms with Gasteiger partial charge in [0.25, 0.3) is 0 Å². The largest absolute Gasteiger partial charge is 0.480 e. The SMILES string of the molecule is CN1CCC(CNC(=O)Nc2cnn(CC(=O)O)c2)CC1. The van der Waals surface area contributed by atoms with Crippen LogP contribution in [0.15, 0.2) is 12.4 Å². The van der Waals surface area contributed by atoms with Crippen molar-refractivity contribution in [2.24, 2.45) is 5.92 Å². The second kappa shape index (κ2) is 7.07. The van der Waals surface area contributed by atoms with Gasteiger partial charge >= 0.3 is 12.0 Å². The maximum absolute atomic E-state index is 11.8. The van der Waals surface area contributed by atoms with Crippen molar-refractivity contribution < 1.29 is 14.7 Å². The minimum absolute atomic E-state index is 0.223. The Bertz CT molecular complexity index is 494. The van der Waals surface area contributed by atoms with Crippen LogP contribution in [0.3, 0.4) is 0 Å². The third kappa shape index (κ3) is 5.07. The fraction of sp³-hybridized carbons (Fsp3) is 0.615. The van der Waals surface area contributed by atoms with Crippen molar-refractivity contribution in [3.63, 3.8) is 0 Å². The summed E-state index contributed by atoms with van der Waals surface area (Å²) in [4.78, 5) is 24.6. The maximum Gasteiger partial charge on any atom is 0.325 e. The molecule has 2 heterocycles. The quantitative estimate of drug-likeness (QED) is 0.731. The lowest BCUT2D eigenvalue weighted by Gasteiger charge is -2.28. The molecular weight excluding hydrogens is 274 g/mol. The highest BCUT2D eigenvalue weighted by atomic mass is 16.4. The number of nitrogens with zero attached hydrogens (tertiary/aromatic N) is 3. The highest BCUT2D eigenvalue weighted by Crippen LogP contribution is 2.14. The van der Waals surface area contributed by atoms with E-state index in [9.17, 15) is 9.59 Å². The van der Waals surface area contributed by atoms with Crippen LogP contribution in [0.25, 0.3) is 0 Å². The molecule has 1 fully saturated rings. The molecule has 116 valence electrons. The fourth-order valence-corrected chi connectivity index (χ4v) is 2.33. The van der Waals surface area contributed by atoms with Crippen LogP contribution in [0, 0.1) is 5.92 Å². The van der Waals surface area contributed by atoms with E-state index in [0.717, 1.165) is 25.9 Å². The molecule has 0 aliphatic carbocycles. The van der Waals surface area contributed by atoms with Gasteiger partial charge in [-0.2, -0.15) is 5.10 Å². The molecule has 0 saturated carbocycles. The Morgan fingerprint density at radius 2 is 2.14 bits per heavy atom. The molecule has 0 unspecified atom stereocenters. The lowest BCUT2D eigenvalue weighted by molar-refractivity contribution is -0.137. The van der Waals surface area contributed by atoms with E-state index in [4.69, 9.17) is 5.11 Å². The zero-order valence-electron chi connectivity index (χ0n) is 12.1. The number of aliphatic carboxylic acids is 1. The number of hydrogen-bond donors (Lipinski definition) is 3. The average molecular weight is 295 g/mol. The molecule has 0 atom stereocenters. The number of carbonyl (C=O) groups excluding carboxylic acids is 1. The molecule has 0 aromatic carbocycles. The van der Waals surface area contributed by atoms with E-state index >= 15 is 0 Å². The predicted octanol–water partition coefficient (Wildman–Crippen LogP) is 0.431. The predicted molar refractivity (Wildman–Crippen MR) is 77.1 cm³/mol. The second-order valence-corrected chi connectivity index (χ2v) is 5.40. The third-order valence-corrected chi connectivity index (χ3v) is 3.58. The summed E-state index contributed by atoms with van der Waals surface area (Å²) in [5, 5.41) is 18.0. The summed E-state index contributed by atoms with van der Waals surface area (Å²) in [5.41, 5.74) is 0.483. The van der Waals surface area contributed by atoms with Gasteiger partial charge in [0.2, 0.25) is 0 Å². The first kappa shape index (κ1) is 15.3. The Morgan fingerprint density at radius 3 is 2.81 bits per heavy atom. The van der Waals surface area contributed by atoms with Crippen molar-refractivity contribution in [1.82, 2.24) is 20.0 Å². The molecule has 21 heavy (non-hydrogen) atoms.